The van der Waals surface area contributed by atoms with Crippen molar-refractivity contribution in [2.75, 3.05) is 6.61 Å². The zero-order chi connectivity index (χ0) is 11.1. The fourth-order valence-corrected chi connectivity index (χ4v) is 0.878. The van der Waals surface area contributed by atoms with Crippen LogP contribution in [0.3, 0.4) is 0 Å². The van der Waals surface area contributed by atoms with Crippen LogP contribution in [0.15, 0.2) is 11.8 Å². The van der Waals surface area contributed by atoms with Crippen LogP contribution in [0.25, 0.3) is 0 Å². The molecule has 0 spiro atoms. The molecule has 0 aromatic rings. The molecule has 0 heterocycles. The fourth-order valence-electron chi connectivity index (χ4n) is 0.878. The predicted molar refractivity (Wildman–Crippen MR) is 51.8 cm³/mol. The molecular weight excluding hydrogens is 184 g/mol. The van der Waals surface area contributed by atoms with Gasteiger partial charge in [0.1, 0.15) is 0 Å². The molecule has 1 N–H and O–H groups in total. The van der Waals surface area contributed by atoms with Crippen LogP contribution in [0.1, 0.15) is 27.2 Å². The molecule has 0 aromatic heterocycles. The quantitative estimate of drug-likeness (QED) is 0.416. The van der Waals surface area contributed by atoms with Gasteiger partial charge in [0, 0.05) is 12.5 Å². The molecule has 80 valence electrons. The van der Waals surface area contributed by atoms with E-state index in [9.17, 15) is 9.59 Å². The summed E-state index contributed by atoms with van der Waals surface area (Å²) in [4.78, 5) is 22.0. The molecule has 4 heteroatoms. The molecular formula is C10H16O4. The van der Waals surface area contributed by atoms with Gasteiger partial charge in [0.25, 0.3) is 0 Å². The van der Waals surface area contributed by atoms with Crippen LogP contribution in [0.2, 0.25) is 0 Å². The molecule has 0 aliphatic rings. The molecule has 0 unspecified atom stereocenters. The van der Waals surface area contributed by atoms with Crippen molar-refractivity contribution in [3.63, 3.8) is 0 Å². The SMILES string of the molecule is CCOC(=O)/C(O)=C/C(=O)CC(C)C. The minimum atomic E-state index is -0.857. The van der Waals surface area contributed by atoms with Crippen molar-refractivity contribution in [2.24, 2.45) is 5.92 Å². The molecule has 0 aliphatic heterocycles. The van der Waals surface area contributed by atoms with Gasteiger partial charge in [-0.2, -0.15) is 0 Å². The minimum absolute atomic E-state index is 0.176. The monoisotopic (exact) mass is 200 g/mol. The molecule has 0 rings (SSSR count). The maximum absolute atomic E-state index is 11.1. The van der Waals surface area contributed by atoms with Crippen LogP contribution in [-0.4, -0.2) is 23.5 Å². The third kappa shape index (κ3) is 5.35. The smallest absolute Gasteiger partial charge is 0.373 e. The number of hydrogen-bond acceptors (Lipinski definition) is 4. The van der Waals surface area contributed by atoms with Gasteiger partial charge in [0.2, 0.25) is 5.76 Å². The molecule has 0 aromatic carbocycles. The Kier molecular flexibility index (Phi) is 5.60. The van der Waals surface area contributed by atoms with Crippen LogP contribution in [0.4, 0.5) is 0 Å². The highest BCUT2D eigenvalue weighted by atomic mass is 16.5. The lowest BCUT2D eigenvalue weighted by Crippen LogP contribution is -2.09. The minimum Gasteiger partial charge on any atom is -0.502 e. The Morgan fingerprint density at radius 1 is 1.43 bits per heavy atom. The van der Waals surface area contributed by atoms with E-state index in [0.717, 1.165) is 6.08 Å². The molecule has 0 bridgehead atoms. The van der Waals surface area contributed by atoms with Crippen LogP contribution < -0.4 is 0 Å². The number of ether oxygens (including phenoxy) is 1. The first-order valence-corrected chi connectivity index (χ1v) is 4.58. The lowest BCUT2D eigenvalue weighted by atomic mass is 10.1. The average Bonchev–Trinajstić information content (AvgIpc) is 2.02. The summed E-state index contributed by atoms with van der Waals surface area (Å²) in [6.07, 6.45) is 1.22. The van der Waals surface area contributed by atoms with Crippen molar-refractivity contribution in [1.82, 2.24) is 0 Å². The molecule has 0 atom stereocenters. The Hall–Kier alpha value is -1.32. The maximum atomic E-state index is 11.1. The van der Waals surface area contributed by atoms with E-state index in [4.69, 9.17) is 5.11 Å². The molecule has 14 heavy (non-hydrogen) atoms. The highest BCUT2D eigenvalue weighted by Crippen LogP contribution is 2.03. The van der Waals surface area contributed by atoms with Crippen LogP contribution >= 0.6 is 0 Å². The van der Waals surface area contributed by atoms with Crippen molar-refractivity contribution < 1.29 is 19.4 Å². The lowest BCUT2D eigenvalue weighted by Gasteiger charge is -2.01. The largest absolute Gasteiger partial charge is 0.502 e. The second-order valence-electron chi connectivity index (χ2n) is 3.31. The molecule has 0 fully saturated rings. The lowest BCUT2D eigenvalue weighted by molar-refractivity contribution is -0.141. The second kappa shape index (κ2) is 6.18. The van der Waals surface area contributed by atoms with Gasteiger partial charge in [-0.15, -0.1) is 0 Å². The average molecular weight is 200 g/mol. The zero-order valence-electron chi connectivity index (χ0n) is 8.74. The van der Waals surface area contributed by atoms with E-state index in [0.29, 0.717) is 6.42 Å². The maximum Gasteiger partial charge on any atom is 0.373 e. The van der Waals surface area contributed by atoms with E-state index in [1.807, 2.05) is 13.8 Å². The predicted octanol–water partition coefficient (Wildman–Crippen LogP) is 1.61. The van der Waals surface area contributed by atoms with Crippen LogP contribution in [0.5, 0.6) is 0 Å². The number of hydrogen-bond donors (Lipinski definition) is 1. The van der Waals surface area contributed by atoms with Gasteiger partial charge >= 0.3 is 5.97 Å². The summed E-state index contributed by atoms with van der Waals surface area (Å²) in [7, 11) is 0. The number of aliphatic hydroxyl groups excluding tert-OH is 1. The summed E-state index contributed by atoms with van der Waals surface area (Å²) < 4.78 is 4.50. The Labute approximate surface area is 83.6 Å². The third-order valence-corrected chi connectivity index (χ3v) is 1.39. The van der Waals surface area contributed by atoms with Gasteiger partial charge in [-0.1, -0.05) is 13.8 Å². The molecule has 0 amide bonds. The molecule has 0 saturated carbocycles. The van der Waals surface area contributed by atoms with E-state index >= 15 is 0 Å². The van der Waals surface area contributed by atoms with Gasteiger partial charge in [0.05, 0.1) is 6.61 Å². The van der Waals surface area contributed by atoms with E-state index in [-0.39, 0.29) is 18.3 Å². The van der Waals surface area contributed by atoms with Gasteiger partial charge in [0.15, 0.2) is 5.78 Å². The first-order valence-electron chi connectivity index (χ1n) is 4.58. The summed E-state index contributed by atoms with van der Waals surface area (Å²) in [5.41, 5.74) is 0. The van der Waals surface area contributed by atoms with E-state index in [1.54, 1.807) is 6.92 Å². The van der Waals surface area contributed by atoms with Gasteiger partial charge < -0.3 is 9.84 Å². The molecule has 0 radical (unpaired) electrons. The first-order chi connectivity index (χ1) is 6.47. The Morgan fingerprint density at radius 3 is 2.43 bits per heavy atom. The topological polar surface area (TPSA) is 63.6 Å². The van der Waals surface area contributed by atoms with E-state index in [2.05, 4.69) is 4.74 Å². The second-order valence-corrected chi connectivity index (χ2v) is 3.31. The van der Waals surface area contributed by atoms with Crippen molar-refractivity contribution >= 4 is 11.8 Å². The highest BCUT2D eigenvalue weighted by molar-refractivity contribution is 5.97. The Bertz CT molecular complexity index is 241. The van der Waals surface area contributed by atoms with Crippen molar-refractivity contribution in [1.29, 1.82) is 0 Å². The molecule has 0 aliphatic carbocycles. The number of esters is 1. The first kappa shape index (κ1) is 12.7. The number of rotatable bonds is 5. The van der Waals surface area contributed by atoms with Gasteiger partial charge in [-0.25, -0.2) is 4.79 Å². The summed E-state index contributed by atoms with van der Waals surface area (Å²) >= 11 is 0. The number of ketones is 1. The van der Waals surface area contributed by atoms with Crippen molar-refractivity contribution in [3.8, 4) is 0 Å². The summed E-state index contributed by atoms with van der Waals surface area (Å²) in [5.74, 6) is -1.55. The fraction of sp³-hybridized carbons (Fsp3) is 0.600. The number of carbonyl (C=O) groups is 2. The third-order valence-electron chi connectivity index (χ3n) is 1.39. The normalized spacial score (nSPS) is 11.6. The Balaban J connectivity index is 4.22. The van der Waals surface area contributed by atoms with Crippen molar-refractivity contribution in [3.05, 3.63) is 11.8 Å². The zero-order valence-corrected chi connectivity index (χ0v) is 8.74. The number of aliphatic hydroxyl groups is 1. The summed E-state index contributed by atoms with van der Waals surface area (Å²) in [5, 5.41) is 9.10. The van der Waals surface area contributed by atoms with Crippen molar-refractivity contribution in [2.45, 2.75) is 27.2 Å². The summed E-state index contributed by atoms with van der Waals surface area (Å²) in [6.45, 7) is 5.57. The summed E-state index contributed by atoms with van der Waals surface area (Å²) in [6, 6.07) is 0. The number of carbonyl (C=O) groups excluding carboxylic acids is 2. The highest BCUT2D eigenvalue weighted by Gasteiger charge is 2.11. The molecule has 0 saturated heterocycles. The van der Waals surface area contributed by atoms with Gasteiger partial charge in [-0.05, 0) is 12.8 Å². The number of allylic oxidation sites excluding steroid dienone is 1. The van der Waals surface area contributed by atoms with Gasteiger partial charge in [-0.3, -0.25) is 4.79 Å². The van der Waals surface area contributed by atoms with E-state index < -0.39 is 11.7 Å². The molecule has 4 nitrogen and oxygen atoms in total. The standard InChI is InChI=1S/C10H16O4/c1-4-14-10(13)9(12)6-8(11)5-7(2)3/h6-7,12H,4-5H2,1-3H3/b9-6-. The van der Waals surface area contributed by atoms with Crippen LogP contribution in [-0.2, 0) is 14.3 Å². The van der Waals surface area contributed by atoms with Crippen LogP contribution in [0, 0.1) is 5.92 Å². The van der Waals surface area contributed by atoms with E-state index in [1.165, 1.54) is 0 Å². The Morgan fingerprint density at radius 2 is 2.00 bits per heavy atom.